The number of anilines is 1. The molecule has 0 bridgehead atoms. The second-order valence-corrected chi connectivity index (χ2v) is 7.49. The maximum Gasteiger partial charge on any atom is 0.223 e. The largest absolute Gasteiger partial charge is 0.506 e. The molecule has 1 fully saturated rings. The first-order valence-corrected chi connectivity index (χ1v) is 9.82. The zero-order chi connectivity index (χ0) is 19.7. The second kappa shape index (κ2) is 7.99. The Bertz CT molecular complexity index is 1020. The number of methoxy groups -OCH3 is 1. The van der Waals surface area contributed by atoms with Gasteiger partial charge in [0, 0.05) is 29.3 Å². The summed E-state index contributed by atoms with van der Waals surface area (Å²) in [4.78, 5) is 9.07. The van der Waals surface area contributed by atoms with Gasteiger partial charge in [0.25, 0.3) is 0 Å². The molecule has 1 aromatic heterocycles. The molecular formula is C20H20Cl2N4O2. The van der Waals surface area contributed by atoms with Crippen molar-refractivity contribution in [2.24, 2.45) is 0 Å². The Hall–Kier alpha value is -2.28. The highest BCUT2D eigenvalue weighted by Crippen LogP contribution is 2.45. The van der Waals surface area contributed by atoms with Crippen LogP contribution >= 0.6 is 23.2 Å². The van der Waals surface area contributed by atoms with Crippen LogP contribution in [0.25, 0.3) is 22.0 Å². The number of benzene rings is 2. The topological polar surface area (TPSA) is 79.3 Å². The van der Waals surface area contributed by atoms with Crippen molar-refractivity contribution >= 4 is 40.1 Å². The van der Waals surface area contributed by atoms with Crippen LogP contribution in [0.3, 0.4) is 0 Å². The molecule has 1 aliphatic rings. The average Bonchev–Trinajstić information content (AvgIpc) is 2.71. The van der Waals surface area contributed by atoms with Crippen molar-refractivity contribution in [3.05, 3.63) is 40.5 Å². The minimum Gasteiger partial charge on any atom is -0.506 e. The monoisotopic (exact) mass is 418 g/mol. The van der Waals surface area contributed by atoms with Gasteiger partial charge in [-0.05, 0) is 43.6 Å². The fourth-order valence-electron chi connectivity index (χ4n) is 3.41. The molecule has 0 atom stereocenters. The zero-order valence-electron chi connectivity index (χ0n) is 15.3. The van der Waals surface area contributed by atoms with Crippen LogP contribution in [0, 0.1) is 0 Å². The third kappa shape index (κ3) is 3.68. The van der Waals surface area contributed by atoms with Crippen LogP contribution in [0.15, 0.2) is 30.5 Å². The summed E-state index contributed by atoms with van der Waals surface area (Å²) < 4.78 is 5.23. The van der Waals surface area contributed by atoms with Gasteiger partial charge in [-0.3, -0.25) is 0 Å². The number of hydrogen-bond donors (Lipinski definition) is 3. The SMILES string of the molecule is COc1cc(O)c(Cl)c(-c2ccc3nc(NC4CCNCC4)ncc3c2)c1Cl. The number of phenolic OH excluding ortho intramolecular Hbond substituents is 1. The number of nitrogens with zero attached hydrogens (tertiary/aromatic N) is 2. The molecule has 0 spiro atoms. The lowest BCUT2D eigenvalue weighted by molar-refractivity contribution is 0.408. The smallest absolute Gasteiger partial charge is 0.223 e. The number of fused-ring (bicyclic) bond motifs is 1. The number of halogens is 2. The van der Waals surface area contributed by atoms with Gasteiger partial charge in [0.15, 0.2) is 0 Å². The van der Waals surface area contributed by atoms with E-state index in [0.29, 0.717) is 28.3 Å². The van der Waals surface area contributed by atoms with Gasteiger partial charge in [0.1, 0.15) is 11.5 Å². The molecule has 3 aromatic rings. The van der Waals surface area contributed by atoms with Crippen LogP contribution in [0.2, 0.25) is 10.0 Å². The summed E-state index contributed by atoms with van der Waals surface area (Å²) in [5, 5.41) is 18.2. The number of aromatic nitrogens is 2. The Morgan fingerprint density at radius 2 is 1.96 bits per heavy atom. The van der Waals surface area contributed by atoms with Gasteiger partial charge < -0.3 is 20.5 Å². The lowest BCUT2D eigenvalue weighted by Crippen LogP contribution is -2.35. The van der Waals surface area contributed by atoms with Crippen LogP contribution in [0.1, 0.15) is 12.8 Å². The number of nitrogens with one attached hydrogen (secondary N) is 2. The summed E-state index contributed by atoms with van der Waals surface area (Å²) >= 11 is 12.7. The summed E-state index contributed by atoms with van der Waals surface area (Å²) in [6.45, 7) is 2.01. The van der Waals surface area contributed by atoms with E-state index in [2.05, 4.69) is 20.6 Å². The first-order chi connectivity index (χ1) is 13.6. The lowest BCUT2D eigenvalue weighted by Gasteiger charge is -2.23. The molecule has 0 radical (unpaired) electrons. The van der Waals surface area contributed by atoms with E-state index in [1.165, 1.54) is 13.2 Å². The van der Waals surface area contributed by atoms with E-state index in [9.17, 15) is 5.11 Å². The molecule has 2 heterocycles. The summed E-state index contributed by atoms with van der Waals surface area (Å²) in [5.41, 5.74) is 2.08. The molecule has 28 heavy (non-hydrogen) atoms. The molecular weight excluding hydrogens is 399 g/mol. The Morgan fingerprint density at radius 1 is 1.18 bits per heavy atom. The molecule has 6 nitrogen and oxygen atoms in total. The highest BCUT2D eigenvalue weighted by molar-refractivity contribution is 6.41. The maximum atomic E-state index is 10.1. The summed E-state index contributed by atoms with van der Waals surface area (Å²) in [5.74, 6) is 0.898. The van der Waals surface area contributed by atoms with Crippen LogP contribution < -0.4 is 15.4 Å². The Balaban J connectivity index is 1.69. The van der Waals surface area contributed by atoms with Crippen LogP contribution in [-0.2, 0) is 0 Å². The van der Waals surface area contributed by atoms with Crippen molar-refractivity contribution in [1.82, 2.24) is 15.3 Å². The van der Waals surface area contributed by atoms with Crippen LogP contribution in [0.5, 0.6) is 11.5 Å². The standard InChI is InChI=1S/C20H20Cl2N4O2/c1-28-16-9-15(27)18(21)17(19(16)22)11-2-3-14-12(8-11)10-24-20(26-14)25-13-4-6-23-7-5-13/h2-3,8-10,13,23,27H,4-7H2,1H3,(H,24,25,26). The highest BCUT2D eigenvalue weighted by Gasteiger charge is 2.18. The van der Waals surface area contributed by atoms with Crippen molar-refractivity contribution in [2.45, 2.75) is 18.9 Å². The van der Waals surface area contributed by atoms with E-state index in [4.69, 9.17) is 27.9 Å². The summed E-state index contributed by atoms with van der Waals surface area (Å²) in [6.07, 6.45) is 3.88. The number of ether oxygens (including phenoxy) is 1. The van der Waals surface area contributed by atoms with E-state index >= 15 is 0 Å². The van der Waals surface area contributed by atoms with Gasteiger partial charge in [-0.1, -0.05) is 29.3 Å². The average molecular weight is 419 g/mol. The number of hydrogen-bond acceptors (Lipinski definition) is 6. The van der Waals surface area contributed by atoms with E-state index in [0.717, 1.165) is 42.4 Å². The molecule has 2 aromatic carbocycles. The van der Waals surface area contributed by atoms with Crippen molar-refractivity contribution in [3.63, 3.8) is 0 Å². The van der Waals surface area contributed by atoms with Gasteiger partial charge in [-0.15, -0.1) is 0 Å². The van der Waals surface area contributed by atoms with Crippen molar-refractivity contribution in [3.8, 4) is 22.6 Å². The third-order valence-electron chi connectivity index (χ3n) is 4.91. The predicted octanol–water partition coefficient (Wildman–Crippen LogP) is 4.48. The predicted molar refractivity (Wildman–Crippen MR) is 113 cm³/mol. The van der Waals surface area contributed by atoms with Crippen LogP contribution in [-0.4, -0.2) is 41.3 Å². The molecule has 1 saturated heterocycles. The van der Waals surface area contributed by atoms with E-state index in [1.54, 1.807) is 6.20 Å². The minimum absolute atomic E-state index is 0.0872. The van der Waals surface area contributed by atoms with Crippen molar-refractivity contribution < 1.29 is 9.84 Å². The first kappa shape index (κ1) is 19.1. The number of rotatable bonds is 4. The number of phenols is 1. The Morgan fingerprint density at radius 3 is 2.71 bits per heavy atom. The Kier molecular flexibility index (Phi) is 5.44. The Labute approximate surface area is 172 Å². The normalized spacial score (nSPS) is 15.0. The summed E-state index contributed by atoms with van der Waals surface area (Å²) in [6, 6.07) is 7.45. The quantitative estimate of drug-likeness (QED) is 0.579. The molecule has 146 valence electrons. The maximum absolute atomic E-state index is 10.1. The van der Waals surface area contributed by atoms with Crippen molar-refractivity contribution in [1.29, 1.82) is 0 Å². The first-order valence-electron chi connectivity index (χ1n) is 9.06. The number of aromatic hydroxyl groups is 1. The number of piperidine rings is 1. The molecule has 4 rings (SSSR count). The van der Waals surface area contributed by atoms with Gasteiger partial charge in [-0.25, -0.2) is 9.97 Å². The minimum atomic E-state index is -0.0872. The molecule has 0 amide bonds. The molecule has 3 N–H and O–H groups in total. The molecule has 0 saturated carbocycles. The third-order valence-corrected chi connectivity index (χ3v) is 5.67. The summed E-state index contributed by atoms with van der Waals surface area (Å²) in [7, 11) is 1.49. The van der Waals surface area contributed by atoms with Gasteiger partial charge in [0.2, 0.25) is 5.95 Å². The van der Waals surface area contributed by atoms with E-state index in [1.807, 2.05) is 18.2 Å². The second-order valence-electron chi connectivity index (χ2n) is 6.74. The van der Waals surface area contributed by atoms with Crippen molar-refractivity contribution in [2.75, 3.05) is 25.5 Å². The van der Waals surface area contributed by atoms with Crippen LogP contribution in [0.4, 0.5) is 5.95 Å². The molecule has 0 aliphatic carbocycles. The lowest BCUT2D eigenvalue weighted by atomic mass is 10.0. The van der Waals surface area contributed by atoms with Gasteiger partial charge in [-0.2, -0.15) is 0 Å². The fourth-order valence-corrected chi connectivity index (χ4v) is 4.05. The zero-order valence-corrected chi connectivity index (χ0v) is 16.8. The molecule has 8 heteroatoms. The van der Waals surface area contributed by atoms with E-state index in [-0.39, 0.29) is 10.8 Å². The molecule has 1 aliphatic heterocycles. The fraction of sp³-hybridized carbons (Fsp3) is 0.300. The van der Waals surface area contributed by atoms with Gasteiger partial charge >= 0.3 is 0 Å². The highest BCUT2D eigenvalue weighted by atomic mass is 35.5. The van der Waals surface area contributed by atoms with E-state index < -0.39 is 0 Å². The molecule has 0 unspecified atom stereocenters. The van der Waals surface area contributed by atoms with Gasteiger partial charge in [0.05, 0.1) is 22.7 Å².